The van der Waals surface area contributed by atoms with Gasteiger partial charge in [0.1, 0.15) is 5.82 Å². The van der Waals surface area contributed by atoms with Crippen LogP contribution in [0, 0.1) is 5.92 Å². The van der Waals surface area contributed by atoms with Crippen molar-refractivity contribution < 1.29 is 8.42 Å². The molecule has 0 bridgehead atoms. The lowest BCUT2D eigenvalue weighted by molar-refractivity contribution is 0.469. The van der Waals surface area contributed by atoms with E-state index >= 15 is 0 Å². The van der Waals surface area contributed by atoms with Crippen LogP contribution in [-0.4, -0.2) is 23.2 Å². The van der Waals surface area contributed by atoms with Gasteiger partial charge in [-0.3, -0.25) is 0 Å². The van der Waals surface area contributed by atoms with E-state index in [1.807, 2.05) is 44.2 Å². The van der Waals surface area contributed by atoms with Crippen LogP contribution < -0.4 is 5.14 Å². The van der Waals surface area contributed by atoms with E-state index in [1.54, 1.807) is 4.57 Å². The Morgan fingerprint density at radius 2 is 1.81 bits per heavy atom. The van der Waals surface area contributed by atoms with Crippen LogP contribution in [0.15, 0.2) is 35.5 Å². The van der Waals surface area contributed by atoms with Gasteiger partial charge in [-0.2, -0.15) is 0 Å². The summed E-state index contributed by atoms with van der Waals surface area (Å²) in [7, 11) is -3.85. The predicted octanol–water partition coefficient (Wildman–Crippen LogP) is 1.37. The standard InChI is InChI=1S/C14H20N4O2S/c1-11(2)10-18-13(16-17-14(18)21(15,19)20)9-8-12-6-4-3-5-7-12/h3-7,11H,8-10H2,1-2H3,(H2,15,19,20). The van der Waals surface area contributed by atoms with E-state index in [1.165, 1.54) is 5.56 Å². The van der Waals surface area contributed by atoms with Crippen molar-refractivity contribution in [2.75, 3.05) is 0 Å². The molecule has 0 amide bonds. The Kier molecular flexibility index (Phi) is 4.74. The summed E-state index contributed by atoms with van der Waals surface area (Å²) in [5.41, 5.74) is 1.17. The van der Waals surface area contributed by atoms with Crippen molar-refractivity contribution in [3.05, 3.63) is 41.7 Å². The van der Waals surface area contributed by atoms with Gasteiger partial charge in [-0.25, -0.2) is 13.6 Å². The average molecular weight is 308 g/mol. The van der Waals surface area contributed by atoms with Crippen molar-refractivity contribution in [1.82, 2.24) is 14.8 Å². The lowest BCUT2D eigenvalue weighted by Crippen LogP contribution is -2.21. The highest BCUT2D eigenvalue weighted by Crippen LogP contribution is 2.13. The number of aromatic nitrogens is 3. The minimum Gasteiger partial charge on any atom is -0.300 e. The van der Waals surface area contributed by atoms with E-state index in [9.17, 15) is 8.42 Å². The first-order valence-corrected chi connectivity index (χ1v) is 8.41. The fourth-order valence-corrected chi connectivity index (χ4v) is 2.81. The highest BCUT2D eigenvalue weighted by atomic mass is 32.2. The summed E-state index contributed by atoms with van der Waals surface area (Å²) >= 11 is 0. The summed E-state index contributed by atoms with van der Waals surface area (Å²) in [6, 6.07) is 9.98. The Labute approximate surface area is 125 Å². The van der Waals surface area contributed by atoms with E-state index in [4.69, 9.17) is 5.14 Å². The molecule has 114 valence electrons. The topological polar surface area (TPSA) is 90.9 Å². The summed E-state index contributed by atoms with van der Waals surface area (Å²) in [5.74, 6) is 0.925. The third kappa shape index (κ3) is 4.12. The van der Waals surface area contributed by atoms with E-state index in [0.29, 0.717) is 18.8 Å². The molecule has 0 radical (unpaired) electrons. The van der Waals surface area contributed by atoms with Gasteiger partial charge < -0.3 is 4.57 Å². The SMILES string of the molecule is CC(C)Cn1c(CCc2ccccc2)nnc1S(N)(=O)=O. The summed E-state index contributed by atoms with van der Waals surface area (Å²) < 4.78 is 24.8. The Balaban J connectivity index is 2.25. The van der Waals surface area contributed by atoms with Gasteiger partial charge in [0, 0.05) is 13.0 Å². The normalized spacial score (nSPS) is 12.0. The molecule has 2 rings (SSSR count). The molecule has 0 aliphatic carbocycles. The van der Waals surface area contributed by atoms with Crippen LogP contribution in [0.25, 0.3) is 0 Å². The minimum absolute atomic E-state index is 0.153. The maximum absolute atomic E-state index is 11.6. The molecule has 0 unspecified atom stereocenters. The van der Waals surface area contributed by atoms with E-state index in [0.717, 1.165) is 6.42 Å². The molecule has 0 saturated heterocycles. The molecule has 0 saturated carbocycles. The minimum atomic E-state index is -3.85. The first kappa shape index (κ1) is 15.7. The van der Waals surface area contributed by atoms with E-state index in [2.05, 4.69) is 10.2 Å². The second kappa shape index (κ2) is 6.36. The number of rotatable bonds is 6. The second-order valence-corrected chi connectivity index (χ2v) is 6.89. The van der Waals surface area contributed by atoms with Crippen LogP contribution in [0.3, 0.4) is 0 Å². The van der Waals surface area contributed by atoms with Gasteiger partial charge >= 0.3 is 0 Å². The molecule has 0 spiro atoms. The zero-order valence-electron chi connectivity index (χ0n) is 12.2. The highest BCUT2D eigenvalue weighted by Gasteiger charge is 2.21. The van der Waals surface area contributed by atoms with Gasteiger partial charge in [-0.1, -0.05) is 44.2 Å². The Morgan fingerprint density at radius 1 is 1.14 bits per heavy atom. The van der Waals surface area contributed by atoms with Gasteiger partial charge in [-0.05, 0) is 17.9 Å². The Hall–Kier alpha value is -1.73. The van der Waals surface area contributed by atoms with Gasteiger partial charge in [0.15, 0.2) is 0 Å². The van der Waals surface area contributed by atoms with Crippen molar-refractivity contribution in [3.63, 3.8) is 0 Å². The molecule has 1 aromatic carbocycles. The molecule has 2 N–H and O–H groups in total. The molecular formula is C14H20N4O2S. The smallest absolute Gasteiger partial charge is 0.273 e. The lowest BCUT2D eigenvalue weighted by Gasteiger charge is -2.11. The molecule has 6 nitrogen and oxygen atoms in total. The first-order chi connectivity index (χ1) is 9.88. The third-order valence-electron chi connectivity index (χ3n) is 3.08. The summed E-state index contributed by atoms with van der Waals surface area (Å²) in [6.45, 7) is 4.55. The number of benzene rings is 1. The van der Waals surface area contributed by atoms with E-state index < -0.39 is 10.0 Å². The van der Waals surface area contributed by atoms with Crippen molar-refractivity contribution in [1.29, 1.82) is 0 Å². The molecular weight excluding hydrogens is 288 g/mol. The number of hydrogen-bond donors (Lipinski definition) is 1. The number of hydrogen-bond acceptors (Lipinski definition) is 4. The molecule has 1 aromatic heterocycles. The highest BCUT2D eigenvalue weighted by molar-refractivity contribution is 7.89. The van der Waals surface area contributed by atoms with E-state index in [-0.39, 0.29) is 11.1 Å². The van der Waals surface area contributed by atoms with Crippen LogP contribution in [0.5, 0.6) is 0 Å². The molecule has 7 heteroatoms. The van der Waals surface area contributed by atoms with Crippen LogP contribution in [0.4, 0.5) is 0 Å². The molecule has 0 fully saturated rings. The van der Waals surface area contributed by atoms with Crippen LogP contribution in [0.2, 0.25) is 0 Å². The zero-order chi connectivity index (χ0) is 15.5. The average Bonchev–Trinajstić information content (AvgIpc) is 2.79. The van der Waals surface area contributed by atoms with Gasteiger partial charge in [0.2, 0.25) is 0 Å². The molecule has 2 aromatic rings. The fraction of sp³-hybridized carbons (Fsp3) is 0.429. The van der Waals surface area contributed by atoms with Gasteiger partial charge in [0.25, 0.3) is 15.2 Å². The van der Waals surface area contributed by atoms with Crippen LogP contribution in [-0.2, 0) is 29.4 Å². The van der Waals surface area contributed by atoms with Crippen molar-refractivity contribution in [2.45, 2.75) is 38.4 Å². The number of aryl methyl sites for hydroxylation is 2. The molecule has 0 aliphatic heterocycles. The van der Waals surface area contributed by atoms with Gasteiger partial charge in [-0.15, -0.1) is 10.2 Å². The molecule has 0 atom stereocenters. The largest absolute Gasteiger partial charge is 0.300 e. The number of nitrogens with zero attached hydrogens (tertiary/aromatic N) is 3. The Morgan fingerprint density at radius 3 is 2.38 bits per heavy atom. The third-order valence-corrected chi connectivity index (χ3v) is 3.89. The maximum atomic E-state index is 11.6. The number of nitrogens with two attached hydrogens (primary N) is 1. The molecule has 1 heterocycles. The van der Waals surface area contributed by atoms with Crippen molar-refractivity contribution >= 4 is 10.0 Å². The first-order valence-electron chi connectivity index (χ1n) is 6.86. The quantitative estimate of drug-likeness (QED) is 0.872. The molecule has 0 aliphatic rings. The van der Waals surface area contributed by atoms with Gasteiger partial charge in [0.05, 0.1) is 0 Å². The zero-order valence-corrected chi connectivity index (χ0v) is 13.0. The lowest BCUT2D eigenvalue weighted by atomic mass is 10.1. The fourth-order valence-electron chi connectivity index (χ4n) is 2.16. The van der Waals surface area contributed by atoms with Crippen LogP contribution in [0.1, 0.15) is 25.2 Å². The summed E-state index contributed by atoms with van der Waals surface area (Å²) in [5, 5.41) is 12.8. The number of sulfonamides is 1. The monoisotopic (exact) mass is 308 g/mol. The maximum Gasteiger partial charge on any atom is 0.273 e. The van der Waals surface area contributed by atoms with Crippen molar-refractivity contribution in [3.8, 4) is 0 Å². The summed E-state index contributed by atoms with van der Waals surface area (Å²) in [4.78, 5) is 0. The second-order valence-electron chi connectivity index (χ2n) is 5.43. The van der Waals surface area contributed by atoms with Crippen molar-refractivity contribution in [2.24, 2.45) is 11.1 Å². The predicted molar refractivity (Wildman–Crippen MR) is 80.1 cm³/mol. The van der Waals surface area contributed by atoms with Crippen LogP contribution >= 0.6 is 0 Å². The molecule has 21 heavy (non-hydrogen) atoms. The summed E-state index contributed by atoms with van der Waals surface area (Å²) in [6.07, 6.45) is 1.40. The number of primary sulfonamides is 1. The Bertz CT molecular complexity index is 693.